The van der Waals surface area contributed by atoms with Gasteiger partial charge in [-0.1, -0.05) is 0 Å². The quantitative estimate of drug-likeness (QED) is 0.497. The smallest absolute Gasteiger partial charge is 0.340 e. The van der Waals surface area contributed by atoms with Gasteiger partial charge in [-0.2, -0.15) is 0 Å². The van der Waals surface area contributed by atoms with E-state index in [-0.39, 0.29) is 0 Å². The molecule has 0 aliphatic rings. The van der Waals surface area contributed by atoms with E-state index in [9.17, 15) is 4.79 Å². The number of nitrogens with zero attached hydrogens (tertiary/aromatic N) is 3. The lowest BCUT2D eigenvalue weighted by atomic mass is 10.8. The molecular formula is C6H10N4O3. The van der Waals surface area contributed by atoms with E-state index in [1.165, 1.54) is 23.4 Å². The fraction of sp³-hybridized carbons (Fsp3) is 0.333. The van der Waals surface area contributed by atoms with Crippen LogP contribution >= 0.6 is 0 Å². The van der Waals surface area contributed by atoms with E-state index in [4.69, 9.17) is 10.2 Å². The normalized spacial score (nSPS) is 9.69. The Kier molecular flexibility index (Phi) is 3.23. The van der Waals surface area contributed by atoms with Crippen LogP contribution in [-0.2, 0) is 0 Å². The number of carbonyl (C=O) groups is 1. The number of carbonyl (C=O) groups excluding carboxylic acids is 1. The van der Waals surface area contributed by atoms with E-state index in [1.54, 1.807) is 0 Å². The van der Waals surface area contributed by atoms with E-state index < -0.39 is 19.5 Å². The maximum atomic E-state index is 11.1. The number of aliphatic hydroxyl groups excluding tert-OH is 2. The largest absolute Gasteiger partial charge is 0.376 e. The number of hydrogen-bond donors (Lipinski definition) is 3. The van der Waals surface area contributed by atoms with Crippen LogP contribution in [0.1, 0.15) is 0 Å². The Balaban J connectivity index is 2.68. The van der Waals surface area contributed by atoms with Crippen molar-refractivity contribution >= 4 is 6.03 Å². The minimum absolute atomic E-state index is 0.482. The van der Waals surface area contributed by atoms with Crippen LogP contribution in [0.5, 0.6) is 0 Å². The molecule has 3 N–H and O–H groups in total. The van der Waals surface area contributed by atoms with Gasteiger partial charge in [0.05, 0.1) is 0 Å². The summed E-state index contributed by atoms with van der Waals surface area (Å²) in [6.45, 7) is -0.980. The Hall–Kier alpha value is -1.60. The van der Waals surface area contributed by atoms with Gasteiger partial charge in [0.1, 0.15) is 19.8 Å². The highest BCUT2D eigenvalue weighted by Gasteiger charge is 2.11. The number of imidazole rings is 1. The van der Waals surface area contributed by atoms with E-state index >= 15 is 0 Å². The summed E-state index contributed by atoms with van der Waals surface area (Å²) in [7, 11) is 0. The van der Waals surface area contributed by atoms with Crippen LogP contribution in [0.15, 0.2) is 18.7 Å². The third kappa shape index (κ3) is 2.17. The molecule has 0 atom stereocenters. The molecule has 1 aromatic heterocycles. The highest BCUT2D eigenvalue weighted by molar-refractivity contribution is 5.83. The number of hydrogen-bond acceptors (Lipinski definition) is 4. The first-order chi connectivity index (χ1) is 6.29. The van der Waals surface area contributed by atoms with Crippen LogP contribution in [0.2, 0.25) is 0 Å². The molecule has 0 saturated heterocycles. The number of aromatic nitrogens is 2. The predicted octanol–water partition coefficient (Wildman–Crippen LogP) is -1.57. The van der Waals surface area contributed by atoms with Gasteiger partial charge < -0.3 is 15.5 Å². The number of rotatable bonds is 3. The molecule has 1 rings (SSSR count). The number of amides is 2. The van der Waals surface area contributed by atoms with E-state index in [0.29, 0.717) is 0 Å². The van der Waals surface area contributed by atoms with Crippen molar-refractivity contribution in [2.75, 3.05) is 18.5 Å². The first-order valence-corrected chi connectivity index (χ1v) is 3.55. The summed E-state index contributed by atoms with van der Waals surface area (Å²) in [6.07, 6.45) is 4.31. The first-order valence-electron chi connectivity index (χ1n) is 3.55. The Bertz CT molecular complexity index is 261. The lowest BCUT2D eigenvalue weighted by molar-refractivity contribution is 0.201. The molecule has 7 heteroatoms. The van der Waals surface area contributed by atoms with Crippen LogP contribution in [-0.4, -0.2) is 39.4 Å². The first kappa shape index (κ1) is 9.49. The zero-order valence-corrected chi connectivity index (χ0v) is 6.79. The van der Waals surface area contributed by atoms with Gasteiger partial charge in [0, 0.05) is 12.4 Å². The van der Waals surface area contributed by atoms with Gasteiger partial charge in [0.25, 0.3) is 0 Å². The highest BCUT2D eigenvalue weighted by Crippen LogP contribution is 1.90. The molecule has 13 heavy (non-hydrogen) atoms. The summed E-state index contributed by atoms with van der Waals surface area (Å²) in [5, 5.41) is 20.3. The average molecular weight is 186 g/mol. The maximum Gasteiger partial charge on any atom is 0.340 e. The summed E-state index contributed by atoms with van der Waals surface area (Å²) >= 11 is 0. The molecule has 0 bridgehead atoms. The van der Waals surface area contributed by atoms with Gasteiger partial charge in [0.15, 0.2) is 0 Å². The topological polar surface area (TPSA) is 90.6 Å². The minimum atomic E-state index is -0.608. The molecular weight excluding hydrogens is 176 g/mol. The Morgan fingerprint density at radius 3 is 2.85 bits per heavy atom. The zero-order valence-electron chi connectivity index (χ0n) is 6.79. The highest BCUT2D eigenvalue weighted by atomic mass is 16.3. The Labute approximate surface area is 74.2 Å². The predicted molar refractivity (Wildman–Crippen MR) is 43.1 cm³/mol. The van der Waals surface area contributed by atoms with Crippen molar-refractivity contribution in [1.82, 2.24) is 15.0 Å². The van der Waals surface area contributed by atoms with E-state index in [1.807, 2.05) is 0 Å². The molecule has 0 aromatic carbocycles. The second kappa shape index (κ2) is 4.43. The monoisotopic (exact) mass is 186 g/mol. The number of urea groups is 1. The molecule has 0 unspecified atom stereocenters. The molecule has 0 saturated carbocycles. The molecule has 7 nitrogen and oxygen atoms in total. The molecule has 2 amide bonds. The molecule has 1 heterocycles. The van der Waals surface area contributed by atoms with Crippen molar-refractivity contribution in [3.63, 3.8) is 0 Å². The fourth-order valence-corrected chi connectivity index (χ4v) is 0.796. The standard InChI is InChI=1S/C6H10N4O3/c11-4-8-6(13)10(5-12)9-2-1-7-3-9/h1-3,11-12H,4-5H2,(H,8,13). The van der Waals surface area contributed by atoms with Crippen LogP contribution in [0.3, 0.4) is 0 Å². The van der Waals surface area contributed by atoms with Crippen molar-refractivity contribution < 1.29 is 15.0 Å². The maximum absolute atomic E-state index is 11.1. The summed E-state index contributed by atoms with van der Waals surface area (Å²) in [5.74, 6) is 0. The summed E-state index contributed by atoms with van der Waals surface area (Å²) < 4.78 is 1.30. The molecule has 0 spiro atoms. The lowest BCUT2D eigenvalue weighted by Gasteiger charge is -2.19. The van der Waals surface area contributed by atoms with Crippen LogP contribution in [0.4, 0.5) is 4.79 Å². The van der Waals surface area contributed by atoms with Gasteiger partial charge in [-0.15, -0.1) is 0 Å². The van der Waals surface area contributed by atoms with Gasteiger partial charge >= 0.3 is 6.03 Å². The summed E-state index contributed by atoms with van der Waals surface area (Å²) in [5.41, 5.74) is 0. The second-order valence-corrected chi connectivity index (χ2v) is 2.12. The Morgan fingerprint density at radius 1 is 1.62 bits per heavy atom. The molecule has 72 valence electrons. The molecule has 1 aromatic rings. The van der Waals surface area contributed by atoms with Gasteiger partial charge in [-0.3, -0.25) is 0 Å². The van der Waals surface area contributed by atoms with Crippen LogP contribution in [0, 0.1) is 0 Å². The van der Waals surface area contributed by atoms with Gasteiger partial charge in [-0.05, 0) is 0 Å². The van der Waals surface area contributed by atoms with Crippen molar-refractivity contribution in [2.45, 2.75) is 0 Å². The van der Waals surface area contributed by atoms with Crippen molar-refractivity contribution in [3.05, 3.63) is 18.7 Å². The second-order valence-electron chi connectivity index (χ2n) is 2.12. The van der Waals surface area contributed by atoms with E-state index in [2.05, 4.69) is 10.3 Å². The van der Waals surface area contributed by atoms with E-state index in [0.717, 1.165) is 5.01 Å². The lowest BCUT2D eigenvalue weighted by Crippen LogP contribution is -2.47. The van der Waals surface area contributed by atoms with Gasteiger partial charge in [-0.25, -0.2) is 19.5 Å². The molecule has 0 fully saturated rings. The van der Waals surface area contributed by atoms with Crippen molar-refractivity contribution in [1.29, 1.82) is 0 Å². The fourth-order valence-electron chi connectivity index (χ4n) is 0.796. The van der Waals surface area contributed by atoms with Crippen molar-refractivity contribution in [2.24, 2.45) is 0 Å². The zero-order chi connectivity index (χ0) is 9.68. The molecule has 0 aliphatic heterocycles. The van der Waals surface area contributed by atoms with Crippen LogP contribution < -0.4 is 10.3 Å². The number of aliphatic hydroxyl groups is 2. The molecule has 0 radical (unpaired) electrons. The summed E-state index contributed by atoms with van der Waals surface area (Å²) in [6, 6.07) is -0.608. The SMILES string of the molecule is O=C(NCO)N(CO)n1ccnc1. The third-order valence-corrected chi connectivity index (χ3v) is 1.37. The average Bonchev–Trinajstić information content (AvgIpc) is 2.59. The number of nitrogens with one attached hydrogen (secondary N) is 1. The third-order valence-electron chi connectivity index (χ3n) is 1.37. The Morgan fingerprint density at radius 2 is 2.38 bits per heavy atom. The van der Waals surface area contributed by atoms with Crippen LogP contribution in [0.25, 0.3) is 0 Å². The molecule has 0 aliphatic carbocycles. The van der Waals surface area contributed by atoms with Gasteiger partial charge in [0.2, 0.25) is 0 Å². The van der Waals surface area contributed by atoms with Crippen molar-refractivity contribution in [3.8, 4) is 0 Å². The summed E-state index contributed by atoms with van der Waals surface area (Å²) in [4.78, 5) is 14.8. The minimum Gasteiger partial charge on any atom is -0.376 e.